The first-order chi connectivity index (χ1) is 6.22. The smallest absolute Gasteiger partial charge is 0.148 e. The van der Waals surface area contributed by atoms with Crippen LogP contribution >= 0.6 is 15.9 Å². The number of hydrogen-bond acceptors (Lipinski definition) is 2. The van der Waals surface area contributed by atoms with Gasteiger partial charge in [0.15, 0.2) is 0 Å². The fourth-order valence-electron chi connectivity index (χ4n) is 1.31. The molecule has 1 aromatic carbocycles. The molecule has 0 aliphatic rings. The maximum absolute atomic E-state index is 5.38. The van der Waals surface area contributed by atoms with Gasteiger partial charge in [0.1, 0.15) is 11.3 Å². The summed E-state index contributed by atoms with van der Waals surface area (Å²) < 4.78 is 11.5. The highest BCUT2D eigenvalue weighted by atomic mass is 79.9. The summed E-state index contributed by atoms with van der Waals surface area (Å²) in [5.41, 5.74) is 1.99. The Kier molecular flexibility index (Phi) is 2.04. The summed E-state index contributed by atoms with van der Waals surface area (Å²) >= 11 is 3.43. The summed E-state index contributed by atoms with van der Waals surface area (Å²) in [6, 6.07) is 3.87. The molecule has 2 nitrogen and oxygen atoms in total. The highest BCUT2D eigenvalue weighted by Gasteiger charge is 2.07. The number of methoxy groups -OCH3 is 1. The SMILES string of the molecule is COc1cc(Br)c2occ(C)c2c1. The molecule has 0 saturated carbocycles. The van der Waals surface area contributed by atoms with Gasteiger partial charge in [-0.25, -0.2) is 0 Å². The van der Waals surface area contributed by atoms with Crippen LogP contribution in [-0.4, -0.2) is 7.11 Å². The van der Waals surface area contributed by atoms with Gasteiger partial charge in [-0.05, 0) is 40.5 Å². The Morgan fingerprint density at radius 3 is 2.85 bits per heavy atom. The van der Waals surface area contributed by atoms with E-state index in [1.54, 1.807) is 13.4 Å². The molecule has 2 rings (SSSR count). The predicted octanol–water partition coefficient (Wildman–Crippen LogP) is 3.51. The lowest BCUT2D eigenvalue weighted by Gasteiger charge is -2.00. The van der Waals surface area contributed by atoms with E-state index in [1.165, 1.54) is 0 Å². The molecule has 0 spiro atoms. The van der Waals surface area contributed by atoms with E-state index >= 15 is 0 Å². The fourth-order valence-corrected chi connectivity index (χ4v) is 1.84. The van der Waals surface area contributed by atoms with Gasteiger partial charge in [0, 0.05) is 5.39 Å². The lowest BCUT2D eigenvalue weighted by Crippen LogP contribution is -1.82. The van der Waals surface area contributed by atoms with Gasteiger partial charge in [0.05, 0.1) is 17.8 Å². The van der Waals surface area contributed by atoms with Gasteiger partial charge in [0.2, 0.25) is 0 Å². The Hall–Kier alpha value is -0.960. The molecular weight excluding hydrogens is 232 g/mol. The molecule has 0 fully saturated rings. The van der Waals surface area contributed by atoms with Gasteiger partial charge in [0.25, 0.3) is 0 Å². The van der Waals surface area contributed by atoms with E-state index < -0.39 is 0 Å². The van der Waals surface area contributed by atoms with Crippen LogP contribution in [0.1, 0.15) is 5.56 Å². The number of ether oxygens (including phenoxy) is 1. The first kappa shape index (κ1) is 8.63. The standard InChI is InChI=1S/C10H9BrO2/c1-6-5-13-10-8(6)3-7(12-2)4-9(10)11/h3-5H,1-2H3. The summed E-state index contributed by atoms with van der Waals surface area (Å²) in [6.45, 7) is 2.01. The molecule has 68 valence electrons. The number of furan rings is 1. The van der Waals surface area contributed by atoms with Crippen molar-refractivity contribution >= 4 is 26.9 Å². The monoisotopic (exact) mass is 240 g/mol. The summed E-state index contributed by atoms with van der Waals surface area (Å²) in [6.07, 6.45) is 1.74. The Morgan fingerprint density at radius 2 is 2.15 bits per heavy atom. The van der Waals surface area contributed by atoms with E-state index in [2.05, 4.69) is 15.9 Å². The third-order valence-corrected chi connectivity index (χ3v) is 2.62. The molecular formula is C10H9BrO2. The number of benzene rings is 1. The van der Waals surface area contributed by atoms with Gasteiger partial charge in [-0.15, -0.1) is 0 Å². The third-order valence-electron chi connectivity index (χ3n) is 2.03. The van der Waals surface area contributed by atoms with Crippen LogP contribution in [0.5, 0.6) is 5.75 Å². The molecule has 2 aromatic rings. The first-order valence-electron chi connectivity index (χ1n) is 3.93. The molecule has 0 amide bonds. The number of halogens is 1. The highest BCUT2D eigenvalue weighted by Crippen LogP contribution is 2.32. The number of rotatable bonds is 1. The predicted molar refractivity (Wildman–Crippen MR) is 55.2 cm³/mol. The van der Waals surface area contributed by atoms with Gasteiger partial charge in [-0.3, -0.25) is 0 Å². The zero-order valence-corrected chi connectivity index (χ0v) is 9.01. The van der Waals surface area contributed by atoms with Crippen molar-refractivity contribution in [2.75, 3.05) is 7.11 Å². The van der Waals surface area contributed by atoms with Crippen molar-refractivity contribution in [1.82, 2.24) is 0 Å². The molecule has 0 aliphatic carbocycles. The second-order valence-electron chi connectivity index (χ2n) is 2.90. The molecule has 0 aliphatic heterocycles. The summed E-state index contributed by atoms with van der Waals surface area (Å²) in [5, 5.41) is 1.09. The van der Waals surface area contributed by atoms with Crippen molar-refractivity contribution < 1.29 is 9.15 Å². The van der Waals surface area contributed by atoms with Crippen molar-refractivity contribution in [1.29, 1.82) is 0 Å². The van der Waals surface area contributed by atoms with E-state index in [0.717, 1.165) is 26.8 Å². The van der Waals surface area contributed by atoms with E-state index in [4.69, 9.17) is 9.15 Å². The van der Waals surface area contributed by atoms with Gasteiger partial charge < -0.3 is 9.15 Å². The van der Waals surface area contributed by atoms with Crippen molar-refractivity contribution in [2.45, 2.75) is 6.92 Å². The zero-order valence-electron chi connectivity index (χ0n) is 7.43. The van der Waals surface area contributed by atoms with Crippen LogP contribution in [0.3, 0.4) is 0 Å². The normalized spacial score (nSPS) is 10.7. The summed E-state index contributed by atoms with van der Waals surface area (Å²) in [5.74, 6) is 0.837. The molecule has 0 bridgehead atoms. The minimum atomic E-state index is 0.837. The minimum absolute atomic E-state index is 0.837. The number of aryl methyl sites for hydroxylation is 1. The summed E-state index contributed by atoms with van der Waals surface area (Å²) in [4.78, 5) is 0. The Balaban J connectivity index is 2.80. The number of hydrogen-bond donors (Lipinski definition) is 0. The van der Waals surface area contributed by atoms with Crippen molar-refractivity contribution in [3.63, 3.8) is 0 Å². The van der Waals surface area contributed by atoms with Crippen molar-refractivity contribution in [3.8, 4) is 5.75 Å². The van der Waals surface area contributed by atoms with Crippen LogP contribution in [0.25, 0.3) is 11.0 Å². The zero-order chi connectivity index (χ0) is 9.42. The average molecular weight is 241 g/mol. The minimum Gasteiger partial charge on any atom is -0.497 e. The molecule has 0 saturated heterocycles. The maximum atomic E-state index is 5.38. The van der Waals surface area contributed by atoms with E-state index in [0.29, 0.717) is 0 Å². The Bertz CT molecular complexity index is 445. The fraction of sp³-hybridized carbons (Fsp3) is 0.200. The second-order valence-corrected chi connectivity index (χ2v) is 3.76. The van der Waals surface area contributed by atoms with Crippen LogP contribution in [0.4, 0.5) is 0 Å². The van der Waals surface area contributed by atoms with E-state index in [9.17, 15) is 0 Å². The molecule has 0 atom stereocenters. The molecule has 0 N–H and O–H groups in total. The molecule has 13 heavy (non-hydrogen) atoms. The number of fused-ring (bicyclic) bond motifs is 1. The maximum Gasteiger partial charge on any atom is 0.148 e. The largest absolute Gasteiger partial charge is 0.497 e. The average Bonchev–Trinajstić information content (AvgIpc) is 2.48. The van der Waals surface area contributed by atoms with Crippen LogP contribution < -0.4 is 4.74 Å². The van der Waals surface area contributed by atoms with Crippen LogP contribution in [0.15, 0.2) is 27.3 Å². The Morgan fingerprint density at radius 1 is 1.38 bits per heavy atom. The quantitative estimate of drug-likeness (QED) is 0.762. The topological polar surface area (TPSA) is 22.4 Å². The Labute approximate surface area is 84.6 Å². The first-order valence-corrected chi connectivity index (χ1v) is 4.73. The van der Waals surface area contributed by atoms with E-state index in [-0.39, 0.29) is 0 Å². The van der Waals surface area contributed by atoms with Gasteiger partial charge >= 0.3 is 0 Å². The highest BCUT2D eigenvalue weighted by molar-refractivity contribution is 9.10. The summed E-state index contributed by atoms with van der Waals surface area (Å²) in [7, 11) is 1.66. The van der Waals surface area contributed by atoms with Crippen LogP contribution in [0.2, 0.25) is 0 Å². The molecule has 3 heteroatoms. The van der Waals surface area contributed by atoms with Crippen molar-refractivity contribution in [3.05, 3.63) is 28.4 Å². The van der Waals surface area contributed by atoms with Crippen LogP contribution in [-0.2, 0) is 0 Å². The van der Waals surface area contributed by atoms with Gasteiger partial charge in [-0.1, -0.05) is 0 Å². The molecule has 0 radical (unpaired) electrons. The van der Waals surface area contributed by atoms with E-state index in [1.807, 2.05) is 19.1 Å². The van der Waals surface area contributed by atoms with Crippen LogP contribution in [0, 0.1) is 6.92 Å². The van der Waals surface area contributed by atoms with Crippen molar-refractivity contribution in [2.24, 2.45) is 0 Å². The molecule has 1 aromatic heterocycles. The second kappa shape index (κ2) is 3.07. The molecule has 0 unspecified atom stereocenters. The lowest BCUT2D eigenvalue weighted by molar-refractivity contribution is 0.415. The molecule has 1 heterocycles. The third kappa shape index (κ3) is 1.33. The lowest BCUT2D eigenvalue weighted by atomic mass is 10.2. The van der Waals surface area contributed by atoms with Gasteiger partial charge in [-0.2, -0.15) is 0 Å².